The van der Waals surface area contributed by atoms with Gasteiger partial charge in [0.25, 0.3) is 0 Å². The zero-order valence-corrected chi connectivity index (χ0v) is 12.9. The number of hydrogen-bond donors (Lipinski definition) is 2. The number of nitrogens with one attached hydrogen (secondary N) is 1. The summed E-state index contributed by atoms with van der Waals surface area (Å²) < 4.78 is 5.93. The molecule has 0 aromatic rings. The molecule has 0 aromatic heterocycles. The van der Waals surface area contributed by atoms with Gasteiger partial charge in [-0.2, -0.15) is 0 Å². The smallest absolute Gasteiger partial charge is 0.237 e. The number of rotatable bonds is 7. The lowest BCUT2D eigenvalue weighted by molar-refractivity contribution is -0.125. The van der Waals surface area contributed by atoms with Gasteiger partial charge in [0.1, 0.15) is 0 Å². The van der Waals surface area contributed by atoms with Crippen molar-refractivity contribution in [2.24, 2.45) is 11.7 Å². The molecular weight excluding hydrogens is 240 g/mol. The van der Waals surface area contributed by atoms with Crippen molar-refractivity contribution in [3.05, 3.63) is 0 Å². The van der Waals surface area contributed by atoms with Crippen LogP contribution in [0.1, 0.15) is 59.8 Å². The monoisotopic (exact) mass is 270 g/mol. The second kappa shape index (κ2) is 7.25. The van der Waals surface area contributed by atoms with Crippen molar-refractivity contribution >= 4 is 5.91 Å². The number of carbonyl (C=O) groups excluding carboxylic acids is 1. The fourth-order valence-corrected chi connectivity index (χ4v) is 2.86. The summed E-state index contributed by atoms with van der Waals surface area (Å²) in [5.41, 5.74) is 4.83. The average Bonchev–Trinajstić information content (AvgIpc) is 2.27. The van der Waals surface area contributed by atoms with E-state index < -0.39 is 5.54 Å². The fourth-order valence-electron chi connectivity index (χ4n) is 2.86. The quantitative estimate of drug-likeness (QED) is 0.745. The summed E-state index contributed by atoms with van der Waals surface area (Å²) in [6.45, 7) is 8.78. The van der Waals surface area contributed by atoms with E-state index in [1.807, 2.05) is 20.8 Å². The molecule has 0 spiro atoms. The van der Waals surface area contributed by atoms with Crippen LogP contribution in [0.15, 0.2) is 0 Å². The van der Waals surface area contributed by atoms with Crippen LogP contribution >= 0.6 is 0 Å². The summed E-state index contributed by atoms with van der Waals surface area (Å²) in [4.78, 5) is 11.6. The molecule has 0 saturated heterocycles. The van der Waals surface area contributed by atoms with E-state index in [0.29, 0.717) is 19.1 Å². The van der Waals surface area contributed by atoms with Gasteiger partial charge in [-0.05, 0) is 46.0 Å². The maximum Gasteiger partial charge on any atom is 0.237 e. The van der Waals surface area contributed by atoms with Crippen LogP contribution in [0.3, 0.4) is 0 Å². The zero-order chi connectivity index (χ0) is 14.5. The lowest BCUT2D eigenvalue weighted by Gasteiger charge is -2.32. The van der Waals surface area contributed by atoms with Crippen molar-refractivity contribution in [3.63, 3.8) is 0 Å². The molecule has 1 saturated carbocycles. The van der Waals surface area contributed by atoms with Crippen molar-refractivity contribution in [2.45, 2.75) is 77.5 Å². The van der Waals surface area contributed by atoms with E-state index in [9.17, 15) is 4.79 Å². The average molecular weight is 270 g/mol. The van der Waals surface area contributed by atoms with Gasteiger partial charge >= 0.3 is 0 Å². The Labute approximate surface area is 117 Å². The van der Waals surface area contributed by atoms with Crippen LogP contribution in [0.25, 0.3) is 0 Å². The number of amides is 1. The number of ether oxygens (including phenoxy) is 1. The summed E-state index contributed by atoms with van der Waals surface area (Å²) >= 11 is 0. The molecule has 4 nitrogen and oxygen atoms in total. The first-order valence-electron chi connectivity index (χ1n) is 7.52. The lowest BCUT2D eigenvalue weighted by atomic mass is 9.88. The summed E-state index contributed by atoms with van der Waals surface area (Å²) in [6, 6.07) is 0.229. The maximum atomic E-state index is 11.6. The minimum absolute atomic E-state index is 0.229. The normalized spacial score (nSPS) is 27.2. The molecule has 3 N–H and O–H groups in total. The topological polar surface area (TPSA) is 64.3 Å². The standard InChI is InChI=1S/C15H30N2O2/c1-11(2)17-15(4,14(16)18)8-9-19-13-7-5-6-12(3)10-13/h11-13,17H,5-10H2,1-4H3,(H2,16,18). The van der Waals surface area contributed by atoms with Crippen molar-refractivity contribution < 1.29 is 9.53 Å². The third kappa shape index (κ3) is 5.49. The largest absolute Gasteiger partial charge is 0.378 e. The maximum absolute atomic E-state index is 11.6. The zero-order valence-electron chi connectivity index (χ0n) is 12.9. The minimum Gasteiger partial charge on any atom is -0.378 e. The molecule has 0 radical (unpaired) electrons. The molecule has 3 unspecified atom stereocenters. The molecular formula is C15H30N2O2. The predicted molar refractivity (Wildman–Crippen MR) is 77.9 cm³/mol. The van der Waals surface area contributed by atoms with Gasteiger partial charge in [0.2, 0.25) is 5.91 Å². The molecule has 1 fully saturated rings. The third-order valence-electron chi connectivity index (χ3n) is 3.99. The number of nitrogens with two attached hydrogens (primary N) is 1. The number of hydrogen-bond acceptors (Lipinski definition) is 3. The van der Waals surface area contributed by atoms with Crippen LogP contribution in [-0.2, 0) is 9.53 Å². The highest BCUT2D eigenvalue weighted by molar-refractivity contribution is 5.84. The highest BCUT2D eigenvalue weighted by Crippen LogP contribution is 2.26. The van der Waals surface area contributed by atoms with Crippen LogP contribution in [0.2, 0.25) is 0 Å². The summed E-state index contributed by atoms with van der Waals surface area (Å²) in [5, 5.41) is 3.25. The Bertz CT molecular complexity index is 294. The second-order valence-electron chi connectivity index (χ2n) is 6.51. The molecule has 3 atom stereocenters. The highest BCUT2D eigenvalue weighted by Gasteiger charge is 2.31. The van der Waals surface area contributed by atoms with Crippen LogP contribution in [-0.4, -0.2) is 30.2 Å². The first-order valence-corrected chi connectivity index (χ1v) is 7.52. The fraction of sp³-hybridized carbons (Fsp3) is 0.933. The molecule has 1 aliphatic carbocycles. The Kier molecular flexibility index (Phi) is 6.27. The molecule has 0 aliphatic heterocycles. The molecule has 1 rings (SSSR count). The molecule has 1 amide bonds. The molecule has 0 bridgehead atoms. The Morgan fingerprint density at radius 1 is 1.47 bits per heavy atom. The van der Waals surface area contributed by atoms with Gasteiger partial charge < -0.3 is 15.8 Å². The molecule has 112 valence electrons. The summed E-state index contributed by atoms with van der Waals surface area (Å²) in [7, 11) is 0. The van der Waals surface area contributed by atoms with E-state index in [4.69, 9.17) is 10.5 Å². The Morgan fingerprint density at radius 3 is 2.68 bits per heavy atom. The minimum atomic E-state index is -0.672. The van der Waals surface area contributed by atoms with Crippen molar-refractivity contribution in [1.29, 1.82) is 0 Å². The van der Waals surface area contributed by atoms with E-state index in [0.717, 1.165) is 18.8 Å². The lowest BCUT2D eigenvalue weighted by Crippen LogP contribution is -2.56. The summed E-state index contributed by atoms with van der Waals surface area (Å²) in [5.74, 6) is 0.455. The number of carbonyl (C=O) groups is 1. The number of primary amides is 1. The molecule has 0 aromatic carbocycles. The Morgan fingerprint density at radius 2 is 2.16 bits per heavy atom. The van der Waals surface area contributed by atoms with E-state index in [2.05, 4.69) is 12.2 Å². The molecule has 1 aliphatic rings. The highest BCUT2D eigenvalue weighted by atomic mass is 16.5. The van der Waals surface area contributed by atoms with E-state index in [1.165, 1.54) is 12.8 Å². The van der Waals surface area contributed by atoms with E-state index in [1.54, 1.807) is 0 Å². The van der Waals surface area contributed by atoms with Gasteiger partial charge in [0, 0.05) is 12.6 Å². The summed E-state index contributed by atoms with van der Waals surface area (Å²) in [6.07, 6.45) is 5.85. The molecule has 0 heterocycles. The SMILES string of the molecule is CC1CCCC(OCCC(C)(NC(C)C)C(N)=O)C1. The Hall–Kier alpha value is -0.610. The Balaban J connectivity index is 2.37. The van der Waals surface area contributed by atoms with Gasteiger partial charge in [-0.25, -0.2) is 0 Å². The molecule has 4 heteroatoms. The molecule has 19 heavy (non-hydrogen) atoms. The van der Waals surface area contributed by atoms with Gasteiger partial charge in [0.15, 0.2) is 0 Å². The predicted octanol–water partition coefficient (Wildman–Crippen LogP) is 2.21. The first-order chi connectivity index (χ1) is 8.83. The van der Waals surface area contributed by atoms with E-state index in [-0.39, 0.29) is 11.9 Å². The second-order valence-corrected chi connectivity index (χ2v) is 6.51. The van der Waals surface area contributed by atoms with Crippen LogP contribution in [0.4, 0.5) is 0 Å². The van der Waals surface area contributed by atoms with Crippen molar-refractivity contribution in [3.8, 4) is 0 Å². The van der Waals surface area contributed by atoms with Gasteiger partial charge in [-0.1, -0.05) is 19.8 Å². The van der Waals surface area contributed by atoms with Gasteiger partial charge in [-0.3, -0.25) is 4.79 Å². The van der Waals surface area contributed by atoms with Crippen LogP contribution < -0.4 is 11.1 Å². The van der Waals surface area contributed by atoms with Crippen LogP contribution in [0.5, 0.6) is 0 Å². The van der Waals surface area contributed by atoms with Crippen molar-refractivity contribution in [1.82, 2.24) is 5.32 Å². The van der Waals surface area contributed by atoms with Crippen LogP contribution in [0, 0.1) is 5.92 Å². The van der Waals surface area contributed by atoms with Crippen molar-refractivity contribution in [2.75, 3.05) is 6.61 Å². The first kappa shape index (κ1) is 16.4. The van der Waals surface area contributed by atoms with Gasteiger partial charge in [-0.15, -0.1) is 0 Å². The van der Waals surface area contributed by atoms with Gasteiger partial charge in [0.05, 0.1) is 11.6 Å². The van der Waals surface area contributed by atoms with E-state index >= 15 is 0 Å². The third-order valence-corrected chi connectivity index (χ3v) is 3.99.